The Morgan fingerprint density at radius 1 is 1.14 bits per heavy atom. The zero-order valence-corrected chi connectivity index (χ0v) is 16.7. The second-order valence-corrected chi connectivity index (χ2v) is 8.26. The Morgan fingerprint density at radius 3 is 2.96 bits per heavy atom. The van der Waals surface area contributed by atoms with E-state index in [0.29, 0.717) is 5.02 Å². The zero-order valence-electron chi connectivity index (χ0n) is 15.1. The van der Waals surface area contributed by atoms with Crippen molar-refractivity contribution in [2.75, 3.05) is 6.54 Å². The normalized spacial score (nSPS) is 14.2. The number of hydrogen-bond acceptors (Lipinski definition) is 5. The van der Waals surface area contributed by atoms with Crippen LogP contribution in [0.3, 0.4) is 0 Å². The summed E-state index contributed by atoms with van der Waals surface area (Å²) in [6.45, 7) is 2.57. The Morgan fingerprint density at radius 2 is 2.11 bits per heavy atom. The van der Waals surface area contributed by atoms with Gasteiger partial charge >= 0.3 is 0 Å². The Kier molecular flexibility index (Phi) is 4.72. The molecule has 3 aromatic heterocycles. The molecule has 1 aromatic carbocycles. The van der Waals surface area contributed by atoms with Gasteiger partial charge in [0, 0.05) is 41.9 Å². The Labute approximate surface area is 172 Å². The topological polar surface area (TPSA) is 42.2 Å². The van der Waals surface area contributed by atoms with Crippen LogP contribution in [0, 0.1) is 0 Å². The van der Waals surface area contributed by atoms with Crippen LogP contribution in [0.15, 0.2) is 64.5 Å². The first kappa shape index (κ1) is 17.6. The van der Waals surface area contributed by atoms with E-state index in [4.69, 9.17) is 21.0 Å². The van der Waals surface area contributed by atoms with Gasteiger partial charge in [-0.15, -0.1) is 11.3 Å². The number of rotatable bonds is 4. The summed E-state index contributed by atoms with van der Waals surface area (Å²) in [5.74, 6) is 2.63. The summed E-state index contributed by atoms with van der Waals surface area (Å²) in [6.07, 6.45) is 2.90. The molecule has 5 rings (SSSR count). The Hall–Kier alpha value is -2.47. The molecule has 0 radical (unpaired) electrons. The predicted molar refractivity (Wildman–Crippen MR) is 112 cm³/mol. The van der Waals surface area contributed by atoms with Gasteiger partial charge in [-0.05, 0) is 35.7 Å². The highest BCUT2D eigenvalue weighted by Gasteiger charge is 2.20. The van der Waals surface area contributed by atoms with Crippen LogP contribution in [-0.2, 0) is 19.5 Å². The van der Waals surface area contributed by atoms with Crippen LogP contribution in [0.25, 0.3) is 22.0 Å². The highest BCUT2D eigenvalue weighted by atomic mass is 35.5. The summed E-state index contributed by atoms with van der Waals surface area (Å²) >= 11 is 7.76. The molecule has 0 bridgehead atoms. The van der Waals surface area contributed by atoms with Crippen LogP contribution >= 0.6 is 22.9 Å². The van der Waals surface area contributed by atoms with Crippen molar-refractivity contribution in [1.82, 2.24) is 14.9 Å². The van der Waals surface area contributed by atoms with E-state index in [9.17, 15) is 0 Å². The van der Waals surface area contributed by atoms with Crippen molar-refractivity contribution in [3.8, 4) is 22.0 Å². The fourth-order valence-corrected chi connectivity index (χ4v) is 4.37. The SMILES string of the molecule is Clc1cccc(-c2ccc(CN3CCc4nc(-c5cccs5)ncc4C3)o2)c1. The largest absolute Gasteiger partial charge is 0.460 e. The van der Waals surface area contributed by atoms with E-state index < -0.39 is 0 Å². The maximum absolute atomic E-state index is 6.09. The zero-order chi connectivity index (χ0) is 18.9. The maximum atomic E-state index is 6.09. The molecule has 0 atom stereocenters. The minimum Gasteiger partial charge on any atom is -0.460 e. The van der Waals surface area contributed by atoms with Gasteiger partial charge in [0.25, 0.3) is 0 Å². The van der Waals surface area contributed by atoms with E-state index in [1.54, 1.807) is 11.3 Å². The average molecular weight is 408 g/mol. The van der Waals surface area contributed by atoms with E-state index in [2.05, 4.69) is 21.3 Å². The molecule has 0 fully saturated rings. The van der Waals surface area contributed by atoms with Crippen LogP contribution in [0.1, 0.15) is 17.0 Å². The molecule has 6 heteroatoms. The second kappa shape index (κ2) is 7.51. The molecule has 0 unspecified atom stereocenters. The van der Waals surface area contributed by atoms with Crippen LogP contribution in [0.4, 0.5) is 0 Å². The molecule has 0 N–H and O–H groups in total. The van der Waals surface area contributed by atoms with Gasteiger partial charge in [0.2, 0.25) is 0 Å². The highest BCUT2D eigenvalue weighted by molar-refractivity contribution is 7.13. The summed E-state index contributed by atoms with van der Waals surface area (Å²) < 4.78 is 6.05. The number of furan rings is 1. The van der Waals surface area contributed by atoms with Crippen LogP contribution in [-0.4, -0.2) is 21.4 Å². The molecule has 4 nitrogen and oxygen atoms in total. The molecule has 28 heavy (non-hydrogen) atoms. The van der Waals surface area contributed by atoms with Gasteiger partial charge in [-0.2, -0.15) is 0 Å². The van der Waals surface area contributed by atoms with Crippen molar-refractivity contribution in [3.63, 3.8) is 0 Å². The lowest BCUT2D eigenvalue weighted by atomic mass is 10.1. The van der Waals surface area contributed by atoms with Crippen molar-refractivity contribution in [3.05, 3.63) is 82.1 Å². The van der Waals surface area contributed by atoms with Crippen LogP contribution in [0.5, 0.6) is 0 Å². The maximum Gasteiger partial charge on any atom is 0.169 e. The summed E-state index contributed by atoms with van der Waals surface area (Å²) in [5.41, 5.74) is 3.36. The summed E-state index contributed by atoms with van der Waals surface area (Å²) in [7, 11) is 0. The van der Waals surface area contributed by atoms with E-state index >= 15 is 0 Å². The molecule has 0 spiro atoms. The third kappa shape index (κ3) is 3.61. The molecular weight excluding hydrogens is 390 g/mol. The molecule has 0 aliphatic carbocycles. The van der Waals surface area contributed by atoms with Crippen LogP contribution in [0.2, 0.25) is 5.02 Å². The molecule has 1 aliphatic rings. The van der Waals surface area contributed by atoms with Gasteiger partial charge < -0.3 is 4.42 Å². The van der Waals surface area contributed by atoms with Gasteiger partial charge in [0.05, 0.1) is 17.1 Å². The first-order valence-corrected chi connectivity index (χ1v) is 10.5. The number of aromatic nitrogens is 2. The van der Waals surface area contributed by atoms with Crippen LogP contribution < -0.4 is 0 Å². The molecule has 1 aliphatic heterocycles. The van der Waals surface area contributed by atoms with Crippen molar-refractivity contribution in [2.45, 2.75) is 19.5 Å². The fraction of sp³-hybridized carbons (Fsp3) is 0.182. The molecule has 4 heterocycles. The van der Waals surface area contributed by atoms with Crippen molar-refractivity contribution >= 4 is 22.9 Å². The molecular formula is C22H18ClN3OS. The Balaban J connectivity index is 1.29. The summed E-state index contributed by atoms with van der Waals surface area (Å²) in [5, 5.41) is 2.77. The minimum absolute atomic E-state index is 0.713. The number of halogens is 1. The number of benzene rings is 1. The van der Waals surface area contributed by atoms with E-state index in [-0.39, 0.29) is 0 Å². The minimum atomic E-state index is 0.713. The first-order chi connectivity index (χ1) is 13.7. The van der Waals surface area contributed by atoms with Gasteiger partial charge in [0.15, 0.2) is 5.82 Å². The number of fused-ring (bicyclic) bond motifs is 1. The quantitative estimate of drug-likeness (QED) is 0.436. The summed E-state index contributed by atoms with van der Waals surface area (Å²) in [6, 6.07) is 15.9. The second-order valence-electron chi connectivity index (χ2n) is 6.88. The highest BCUT2D eigenvalue weighted by Crippen LogP contribution is 2.27. The van der Waals surface area contributed by atoms with Gasteiger partial charge in [-0.25, -0.2) is 9.97 Å². The third-order valence-electron chi connectivity index (χ3n) is 4.90. The smallest absolute Gasteiger partial charge is 0.169 e. The lowest BCUT2D eigenvalue weighted by molar-refractivity contribution is 0.224. The lowest BCUT2D eigenvalue weighted by Crippen LogP contribution is -2.30. The lowest BCUT2D eigenvalue weighted by Gasteiger charge is -2.27. The van der Waals surface area contributed by atoms with Crippen molar-refractivity contribution in [1.29, 1.82) is 0 Å². The molecule has 4 aromatic rings. The van der Waals surface area contributed by atoms with Crippen molar-refractivity contribution in [2.24, 2.45) is 0 Å². The monoisotopic (exact) mass is 407 g/mol. The fourth-order valence-electron chi connectivity index (χ4n) is 3.51. The molecule has 0 amide bonds. The van der Waals surface area contributed by atoms with Gasteiger partial charge in [-0.3, -0.25) is 4.90 Å². The van der Waals surface area contributed by atoms with Gasteiger partial charge in [-0.1, -0.05) is 29.8 Å². The molecule has 0 saturated carbocycles. The van der Waals surface area contributed by atoms with E-state index in [1.165, 1.54) is 5.56 Å². The van der Waals surface area contributed by atoms with E-state index in [1.807, 2.05) is 48.7 Å². The van der Waals surface area contributed by atoms with E-state index in [0.717, 1.165) is 59.5 Å². The van der Waals surface area contributed by atoms with Gasteiger partial charge in [0.1, 0.15) is 11.5 Å². The first-order valence-electron chi connectivity index (χ1n) is 9.20. The Bertz CT molecular complexity index is 1110. The van der Waals surface area contributed by atoms with Crippen molar-refractivity contribution < 1.29 is 4.42 Å². The molecule has 0 saturated heterocycles. The predicted octanol–water partition coefficient (Wildman–Crippen LogP) is 5.68. The number of nitrogens with zero attached hydrogens (tertiary/aromatic N) is 3. The standard InChI is InChI=1S/C22H18ClN3OS/c23-17-4-1-3-15(11-17)20-7-6-18(27-20)14-26-9-8-19-16(13-26)12-24-22(25-19)21-5-2-10-28-21/h1-7,10-12H,8-9,13-14H2. The number of thiophene rings is 1. The molecule has 140 valence electrons. The average Bonchev–Trinajstić information content (AvgIpc) is 3.40. The number of hydrogen-bond donors (Lipinski definition) is 0. The summed E-state index contributed by atoms with van der Waals surface area (Å²) in [4.78, 5) is 12.8. The third-order valence-corrected chi connectivity index (χ3v) is 6.01.